The standard InChI is InChI=1S/C13H17FN2O/c1-3-4-12(15)13(17)16-9(2)10-5-7-11(14)8-6-10/h3,5-9,12H,1,4,15H2,2H3,(H,16,17)/t9-,12?/m1/s1. The maximum Gasteiger partial charge on any atom is 0.237 e. The Morgan fingerprint density at radius 1 is 1.53 bits per heavy atom. The molecule has 1 rings (SSSR count). The van der Waals surface area contributed by atoms with Crippen molar-refractivity contribution in [2.75, 3.05) is 0 Å². The molecule has 17 heavy (non-hydrogen) atoms. The lowest BCUT2D eigenvalue weighted by molar-refractivity contribution is -0.122. The van der Waals surface area contributed by atoms with E-state index in [0.717, 1.165) is 5.56 Å². The molecule has 1 aromatic carbocycles. The van der Waals surface area contributed by atoms with E-state index >= 15 is 0 Å². The molecule has 0 bridgehead atoms. The molecule has 0 aliphatic heterocycles. The molecule has 2 atom stereocenters. The van der Waals surface area contributed by atoms with Crippen molar-refractivity contribution in [1.82, 2.24) is 5.32 Å². The van der Waals surface area contributed by atoms with Gasteiger partial charge in [-0.05, 0) is 31.0 Å². The highest BCUT2D eigenvalue weighted by Crippen LogP contribution is 2.12. The third-order valence-corrected chi connectivity index (χ3v) is 2.49. The van der Waals surface area contributed by atoms with Gasteiger partial charge in [0, 0.05) is 0 Å². The summed E-state index contributed by atoms with van der Waals surface area (Å²) in [5, 5.41) is 2.77. The summed E-state index contributed by atoms with van der Waals surface area (Å²) in [5.41, 5.74) is 6.47. The second-order valence-corrected chi connectivity index (χ2v) is 3.91. The highest BCUT2D eigenvalue weighted by Gasteiger charge is 2.15. The van der Waals surface area contributed by atoms with Gasteiger partial charge in [0.2, 0.25) is 5.91 Å². The zero-order valence-corrected chi connectivity index (χ0v) is 9.82. The summed E-state index contributed by atoms with van der Waals surface area (Å²) in [6.07, 6.45) is 2.04. The van der Waals surface area contributed by atoms with Crippen LogP contribution in [0.3, 0.4) is 0 Å². The first-order valence-corrected chi connectivity index (χ1v) is 5.47. The quantitative estimate of drug-likeness (QED) is 0.767. The molecule has 92 valence electrons. The lowest BCUT2D eigenvalue weighted by Gasteiger charge is -2.17. The maximum atomic E-state index is 12.7. The molecule has 0 saturated carbocycles. The maximum absolute atomic E-state index is 12.7. The average Bonchev–Trinajstić information content (AvgIpc) is 2.30. The minimum absolute atomic E-state index is 0.195. The summed E-state index contributed by atoms with van der Waals surface area (Å²) in [5.74, 6) is -0.530. The van der Waals surface area contributed by atoms with Crippen molar-refractivity contribution < 1.29 is 9.18 Å². The van der Waals surface area contributed by atoms with Gasteiger partial charge in [-0.25, -0.2) is 4.39 Å². The van der Waals surface area contributed by atoms with E-state index in [1.807, 2.05) is 6.92 Å². The second kappa shape index (κ2) is 6.15. The van der Waals surface area contributed by atoms with Gasteiger partial charge in [-0.15, -0.1) is 6.58 Å². The minimum atomic E-state index is -0.588. The highest BCUT2D eigenvalue weighted by atomic mass is 19.1. The van der Waals surface area contributed by atoms with E-state index in [4.69, 9.17) is 5.73 Å². The first-order chi connectivity index (χ1) is 8.04. The van der Waals surface area contributed by atoms with Crippen LogP contribution in [0, 0.1) is 5.82 Å². The van der Waals surface area contributed by atoms with Gasteiger partial charge in [-0.2, -0.15) is 0 Å². The Labute approximate surface area is 101 Å². The van der Waals surface area contributed by atoms with Crippen LogP contribution in [0.2, 0.25) is 0 Å². The fraction of sp³-hybridized carbons (Fsp3) is 0.308. The molecule has 1 aromatic rings. The molecule has 3 N–H and O–H groups in total. The Kier molecular flexibility index (Phi) is 4.84. The summed E-state index contributed by atoms with van der Waals surface area (Å²) in [4.78, 5) is 11.6. The molecule has 0 saturated heterocycles. The molecule has 0 aliphatic rings. The van der Waals surface area contributed by atoms with Crippen molar-refractivity contribution in [3.63, 3.8) is 0 Å². The number of rotatable bonds is 5. The fourth-order valence-corrected chi connectivity index (χ4v) is 1.44. The first-order valence-electron chi connectivity index (χ1n) is 5.47. The van der Waals surface area contributed by atoms with Crippen molar-refractivity contribution >= 4 is 5.91 Å². The lowest BCUT2D eigenvalue weighted by atomic mass is 10.1. The predicted octanol–water partition coefficient (Wildman–Crippen LogP) is 1.91. The van der Waals surface area contributed by atoms with Crippen molar-refractivity contribution in [3.05, 3.63) is 48.3 Å². The summed E-state index contributed by atoms with van der Waals surface area (Å²) in [7, 11) is 0. The zero-order chi connectivity index (χ0) is 12.8. The first kappa shape index (κ1) is 13.4. The number of nitrogens with two attached hydrogens (primary N) is 1. The third-order valence-electron chi connectivity index (χ3n) is 2.49. The van der Waals surface area contributed by atoms with Gasteiger partial charge in [-0.1, -0.05) is 18.2 Å². The Bertz CT molecular complexity index is 389. The summed E-state index contributed by atoms with van der Waals surface area (Å²) >= 11 is 0. The minimum Gasteiger partial charge on any atom is -0.348 e. The molecular formula is C13H17FN2O. The van der Waals surface area contributed by atoms with Gasteiger partial charge in [0.15, 0.2) is 0 Å². The SMILES string of the molecule is C=CCC(N)C(=O)N[C@H](C)c1ccc(F)cc1. The second-order valence-electron chi connectivity index (χ2n) is 3.91. The van der Waals surface area contributed by atoms with E-state index in [1.54, 1.807) is 18.2 Å². The molecule has 4 heteroatoms. The Morgan fingerprint density at radius 2 is 2.12 bits per heavy atom. The molecule has 0 aromatic heterocycles. The molecule has 0 heterocycles. The number of halogens is 1. The Hall–Kier alpha value is -1.68. The zero-order valence-electron chi connectivity index (χ0n) is 9.82. The number of carbonyl (C=O) groups is 1. The third kappa shape index (κ3) is 4.00. The van der Waals surface area contributed by atoms with Gasteiger partial charge in [0.05, 0.1) is 12.1 Å². The van der Waals surface area contributed by atoms with Gasteiger partial charge in [0.1, 0.15) is 5.82 Å². The van der Waals surface area contributed by atoms with Crippen LogP contribution in [0.15, 0.2) is 36.9 Å². The topological polar surface area (TPSA) is 55.1 Å². The van der Waals surface area contributed by atoms with Crippen LogP contribution in [0.5, 0.6) is 0 Å². The fourth-order valence-electron chi connectivity index (χ4n) is 1.44. The van der Waals surface area contributed by atoms with Crippen molar-refractivity contribution in [1.29, 1.82) is 0 Å². The van der Waals surface area contributed by atoms with E-state index in [0.29, 0.717) is 6.42 Å². The van der Waals surface area contributed by atoms with Crippen LogP contribution >= 0.6 is 0 Å². The highest BCUT2D eigenvalue weighted by molar-refractivity contribution is 5.82. The molecule has 1 amide bonds. The van der Waals surface area contributed by atoms with Crippen molar-refractivity contribution in [2.24, 2.45) is 5.73 Å². The normalized spacial score (nSPS) is 13.8. The van der Waals surface area contributed by atoms with E-state index in [1.165, 1.54) is 12.1 Å². The largest absolute Gasteiger partial charge is 0.348 e. The summed E-state index contributed by atoms with van der Waals surface area (Å²) in [6, 6.07) is 5.22. The number of hydrogen-bond acceptors (Lipinski definition) is 2. The predicted molar refractivity (Wildman–Crippen MR) is 65.7 cm³/mol. The number of carbonyl (C=O) groups excluding carboxylic acids is 1. The van der Waals surface area contributed by atoms with Crippen molar-refractivity contribution in [2.45, 2.75) is 25.4 Å². The monoisotopic (exact) mass is 236 g/mol. The van der Waals surface area contributed by atoms with Crippen LogP contribution in [0.4, 0.5) is 4.39 Å². The van der Waals surface area contributed by atoms with Crippen LogP contribution in [0.25, 0.3) is 0 Å². The number of benzene rings is 1. The Balaban J connectivity index is 2.59. The van der Waals surface area contributed by atoms with E-state index in [-0.39, 0.29) is 17.8 Å². The van der Waals surface area contributed by atoms with Gasteiger partial charge in [-0.3, -0.25) is 4.79 Å². The number of nitrogens with one attached hydrogen (secondary N) is 1. The van der Waals surface area contributed by atoms with Crippen molar-refractivity contribution in [3.8, 4) is 0 Å². The number of amides is 1. The smallest absolute Gasteiger partial charge is 0.237 e. The average molecular weight is 236 g/mol. The molecule has 3 nitrogen and oxygen atoms in total. The van der Waals surface area contributed by atoms with Gasteiger partial charge in [0.25, 0.3) is 0 Å². The molecule has 0 fully saturated rings. The summed E-state index contributed by atoms with van der Waals surface area (Å²) < 4.78 is 12.7. The summed E-state index contributed by atoms with van der Waals surface area (Å²) in [6.45, 7) is 5.35. The molecule has 0 radical (unpaired) electrons. The van der Waals surface area contributed by atoms with Crippen LogP contribution in [-0.4, -0.2) is 11.9 Å². The molecule has 1 unspecified atom stereocenters. The van der Waals surface area contributed by atoms with E-state index < -0.39 is 6.04 Å². The van der Waals surface area contributed by atoms with Crippen LogP contribution in [0.1, 0.15) is 24.9 Å². The lowest BCUT2D eigenvalue weighted by Crippen LogP contribution is -2.41. The van der Waals surface area contributed by atoms with Crippen LogP contribution in [-0.2, 0) is 4.79 Å². The molecule has 0 aliphatic carbocycles. The molecule has 0 spiro atoms. The molecular weight excluding hydrogens is 219 g/mol. The van der Waals surface area contributed by atoms with Crippen LogP contribution < -0.4 is 11.1 Å². The van der Waals surface area contributed by atoms with Gasteiger partial charge >= 0.3 is 0 Å². The van der Waals surface area contributed by atoms with E-state index in [2.05, 4.69) is 11.9 Å². The van der Waals surface area contributed by atoms with Gasteiger partial charge < -0.3 is 11.1 Å². The Morgan fingerprint density at radius 3 is 2.65 bits per heavy atom. The van der Waals surface area contributed by atoms with E-state index in [9.17, 15) is 9.18 Å². The number of hydrogen-bond donors (Lipinski definition) is 2.